The van der Waals surface area contributed by atoms with E-state index in [1.165, 1.54) is 64.7 Å². The summed E-state index contributed by atoms with van der Waals surface area (Å²) < 4.78 is 5.31. The Kier molecular flexibility index (Phi) is 6.31. The molecule has 0 radical (unpaired) electrons. The fourth-order valence-corrected chi connectivity index (χ4v) is 3.96. The maximum absolute atomic E-state index is 5.31. The second-order valence-electron chi connectivity index (χ2n) is 7.42. The first-order chi connectivity index (χ1) is 9.63. The van der Waals surface area contributed by atoms with Crippen LogP contribution in [-0.2, 0) is 4.74 Å². The van der Waals surface area contributed by atoms with Crippen LogP contribution in [0.2, 0.25) is 0 Å². The van der Waals surface area contributed by atoms with Crippen molar-refractivity contribution in [3.63, 3.8) is 0 Å². The molecule has 2 aliphatic rings. The normalized spacial score (nSPS) is 24.6. The molecule has 3 heteroatoms. The van der Waals surface area contributed by atoms with Crippen molar-refractivity contribution in [3.05, 3.63) is 0 Å². The van der Waals surface area contributed by atoms with E-state index in [-0.39, 0.29) is 0 Å². The van der Waals surface area contributed by atoms with E-state index in [2.05, 4.69) is 24.1 Å². The van der Waals surface area contributed by atoms with Gasteiger partial charge in [-0.05, 0) is 50.1 Å². The lowest BCUT2D eigenvalue weighted by atomic mass is 9.84. The Labute approximate surface area is 125 Å². The molecule has 0 unspecified atom stereocenters. The largest absolute Gasteiger partial charge is 0.384 e. The van der Waals surface area contributed by atoms with Gasteiger partial charge in [-0.15, -0.1) is 0 Å². The highest BCUT2D eigenvalue weighted by atomic mass is 16.5. The molecule has 1 aliphatic heterocycles. The maximum Gasteiger partial charge on any atom is 0.0491 e. The van der Waals surface area contributed by atoms with Crippen molar-refractivity contribution in [2.24, 2.45) is 11.3 Å². The molecule has 1 heterocycles. The minimum Gasteiger partial charge on any atom is -0.384 e. The molecule has 2 rings (SSSR count). The SMILES string of the molecule is COCC1CCN(CC2(CNC(C)C)CCCC2)CC1. The van der Waals surface area contributed by atoms with Gasteiger partial charge < -0.3 is 15.0 Å². The molecule has 0 aromatic rings. The minimum absolute atomic E-state index is 0.554. The fourth-order valence-electron chi connectivity index (χ4n) is 3.96. The number of likely N-dealkylation sites (tertiary alicyclic amines) is 1. The van der Waals surface area contributed by atoms with Gasteiger partial charge in [0.2, 0.25) is 0 Å². The molecule has 1 saturated heterocycles. The molecular formula is C17H34N2O. The van der Waals surface area contributed by atoms with E-state index in [9.17, 15) is 0 Å². The zero-order valence-electron chi connectivity index (χ0n) is 13.8. The molecule has 3 nitrogen and oxygen atoms in total. The van der Waals surface area contributed by atoms with Gasteiger partial charge in [-0.3, -0.25) is 0 Å². The van der Waals surface area contributed by atoms with Crippen LogP contribution in [0.25, 0.3) is 0 Å². The average Bonchev–Trinajstić information content (AvgIpc) is 2.88. The lowest BCUT2D eigenvalue weighted by Gasteiger charge is -2.39. The number of hydrogen-bond acceptors (Lipinski definition) is 3. The molecule has 2 fully saturated rings. The molecular weight excluding hydrogens is 248 g/mol. The van der Waals surface area contributed by atoms with Gasteiger partial charge in [0, 0.05) is 32.8 Å². The molecule has 1 N–H and O–H groups in total. The third-order valence-electron chi connectivity index (χ3n) is 5.22. The van der Waals surface area contributed by atoms with Crippen molar-refractivity contribution in [3.8, 4) is 0 Å². The molecule has 0 aromatic heterocycles. The Balaban J connectivity index is 1.80. The van der Waals surface area contributed by atoms with Crippen LogP contribution in [0.15, 0.2) is 0 Å². The molecule has 0 bridgehead atoms. The van der Waals surface area contributed by atoms with E-state index in [1.54, 1.807) is 0 Å². The summed E-state index contributed by atoms with van der Waals surface area (Å²) in [6.45, 7) is 10.6. The molecule has 1 saturated carbocycles. The Morgan fingerprint density at radius 2 is 1.85 bits per heavy atom. The third-order valence-corrected chi connectivity index (χ3v) is 5.22. The molecule has 118 valence electrons. The van der Waals surface area contributed by atoms with Crippen LogP contribution in [-0.4, -0.2) is 50.8 Å². The Hall–Kier alpha value is -0.120. The molecule has 0 amide bonds. The predicted molar refractivity (Wildman–Crippen MR) is 85.1 cm³/mol. The highest BCUT2D eigenvalue weighted by Crippen LogP contribution is 2.39. The van der Waals surface area contributed by atoms with Gasteiger partial charge >= 0.3 is 0 Å². The first kappa shape index (κ1) is 16.3. The second kappa shape index (κ2) is 7.77. The number of ether oxygens (including phenoxy) is 1. The van der Waals surface area contributed by atoms with Crippen molar-refractivity contribution in [1.29, 1.82) is 0 Å². The standard InChI is InChI=1S/C17H34N2O/c1-15(2)18-13-17(8-4-5-9-17)14-19-10-6-16(7-11-19)12-20-3/h15-16,18H,4-14H2,1-3H3. The van der Waals surface area contributed by atoms with Crippen molar-refractivity contribution in [2.45, 2.75) is 58.4 Å². The lowest BCUT2D eigenvalue weighted by Crippen LogP contribution is -2.46. The summed E-state index contributed by atoms with van der Waals surface area (Å²) in [5.41, 5.74) is 0.554. The Morgan fingerprint density at radius 3 is 2.40 bits per heavy atom. The van der Waals surface area contributed by atoms with E-state index in [0.717, 1.165) is 12.5 Å². The summed E-state index contributed by atoms with van der Waals surface area (Å²) >= 11 is 0. The van der Waals surface area contributed by atoms with Gasteiger partial charge in [0.05, 0.1) is 0 Å². The van der Waals surface area contributed by atoms with E-state index in [1.807, 2.05) is 7.11 Å². The number of nitrogens with zero attached hydrogens (tertiary/aromatic N) is 1. The summed E-state index contributed by atoms with van der Waals surface area (Å²) in [6, 6.07) is 0.611. The number of piperidine rings is 1. The highest BCUT2D eigenvalue weighted by molar-refractivity contribution is 4.90. The summed E-state index contributed by atoms with van der Waals surface area (Å²) in [6.07, 6.45) is 8.35. The van der Waals surface area contributed by atoms with Crippen molar-refractivity contribution in [1.82, 2.24) is 10.2 Å². The van der Waals surface area contributed by atoms with Crippen LogP contribution < -0.4 is 5.32 Å². The molecule has 0 spiro atoms. The summed E-state index contributed by atoms with van der Waals surface area (Å²) in [7, 11) is 1.83. The minimum atomic E-state index is 0.554. The van der Waals surface area contributed by atoms with E-state index in [4.69, 9.17) is 4.74 Å². The first-order valence-corrected chi connectivity index (χ1v) is 8.58. The molecule has 0 aromatic carbocycles. The molecule has 20 heavy (non-hydrogen) atoms. The van der Waals surface area contributed by atoms with Crippen molar-refractivity contribution in [2.75, 3.05) is 39.9 Å². The summed E-state index contributed by atoms with van der Waals surface area (Å²) in [5.74, 6) is 0.796. The number of methoxy groups -OCH3 is 1. The van der Waals surface area contributed by atoms with Crippen LogP contribution >= 0.6 is 0 Å². The highest BCUT2D eigenvalue weighted by Gasteiger charge is 2.36. The van der Waals surface area contributed by atoms with Crippen LogP contribution in [0.4, 0.5) is 0 Å². The quantitative estimate of drug-likeness (QED) is 0.777. The monoisotopic (exact) mass is 282 g/mol. The summed E-state index contributed by atoms with van der Waals surface area (Å²) in [5, 5.41) is 3.70. The molecule has 0 atom stereocenters. The Bertz CT molecular complexity index is 266. The van der Waals surface area contributed by atoms with E-state index in [0.29, 0.717) is 11.5 Å². The van der Waals surface area contributed by atoms with Gasteiger partial charge in [-0.2, -0.15) is 0 Å². The van der Waals surface area contributed by atoms with Gasteiger partial charge in [0.25, 0.3) is 0 Å². The van der Waals surface area contributed by atoms with Crippen molar-refractivity contribution >= 4 is 0 Å². The van der Waals surface area contributed by atoms with Crippen LogP contribution in [0.5, 0.6) is 0 Å². The maximum atomic E-state index is 5.31. The average molecular weight is 282 g/mol. The number of hydrogen-bond donors (Lipinski definition) is 1. The van der Waals surface area contributed by atoms with Crippen LogP contribution in [0, 0.1) is 11.3 Å². The van der Waals surface area contributed by atoms with E-state index < -0.39 is 0 Å². The van der Waals surface area contributed by atoms with Crippen LogP contribution in [0.3, 0.4) is 0 Å². The molecule has 1 aliphatic carbocycles. The van der Waals surface area contributed by atoms with E-state index >= 15 is 0 Å². The van der Waals surface area contributed by atoms with Crippen molar-refractivity contribution < 1.29 is 4.74 Å². The Morgan fingerprint density at radius 1 is 1.20 bits per heavy atom. The number of nitrogens with one attached hydrogen (secondary N) is 1. The number of rotatable bonds is 7. The first-order valence-electron chi connectivity index (χ1n) is 8.58. The third kappa shape index (κ3) is 4.71. The topological polar surface area (TPSA) is 24.5 Å². The predicted octanol–water partition coefficient (Wildman–Crippen LogP) is 2.90. The lowest BCUT2D eigenvalue weighted by molar-refractivity contribution is 0.0732. The zero-order chi connectivity index (χ0) is 14.4. The van der Waals surface area contributed by atoms with Crippen LogP contribution in [0.1, 0.15) is 52.4 Å². The van der Waals surface area contributed by atoms with Gasteiger partial charge in [0.1, 0.15) is 0 Å². The van der Waals surface area contributed by atoms with Gasteiger partial charge in [-0.1, -0.05) is 26.7 Å². The van der Waals surface area contributed by atoms with Gasteiger partial charge in [-0.25, -0.2) is 0 Å². The van der Waals surface area contributed by atoms with Gasteiger partial charge in [0.15, 0.2) is 0 Å². The smallest absolute Gasteiger partial charge is 0.0491 e. The fraction of sp³-hybridized carbons (Fsp3) is 1.00. The summed E-state index contributed by atoms with van der Waals surface area (Å²) in [4.78, 5) is 2.72. The second-order valence-corrected chi connectivity index (χ2v) is 7.42. The zero-order valence-corrected chi connectivity index (χ0v) is 13.8.